The smallest absolute Gasteiger partial charge is 0.249 e. The molecule has 0 spiro atoms. The van der Waals surface area contributed by atoms with Crippen molar-refractivity contribution in [1.82, 2.24) is 10.2 Å². The second-order valence-electron chi connectivity index (χ2n) is 3.62. The molecule has 2 heterocycles. The molecule has 0 unspecified atom stereocenters. The Morgan fingerprint density at radius 1 is 1.67 bits per heavy atom. The van der Waals surface area contributed by atoms with Gasteiger partial charge in [0.25, 0.3) is 0 Å². The molecule has 0 bridgehead atoms. The summed E-state index contributed by atoms with van der Waals surface area (Å²) in [4.78, 5) is 13.0. The summed E-state index contributed by atoms with van der Waals surface area (Å²) in [5, 5.41) is 11.6. The molecule has 1 amide bonds. The molecule has 2 atom stereocenters. The molecule has 82 valence electrons. The molecule has 2 aliphatic rings. The lowest BCUT2D eigenvalue weighted by Crippen LogP contribution is -2.45. The highest BCUT2D eigenvalue weighted by atomic mass is 16.5. The van der Waals surface area contributed by atoms with E-state index in [4.69, 9.17) is 9.84 Å². The summed E-state index contributed by atoms with van der Waals surface area (Å²) in [6.07, 6.45) is 5.04. The number of rotatable bonds is 2. The SMILES string of the molecule is CC1=CN([C@H]2C=C[C@@H](CO)O2)CNC1=O. The monoisotopic (exact) mass is 210 g/mol. The number of carbonyl (C=O) groups is 1. The molecule has 5 nitrogen and oxygen atoms in total. The van der Waals surface area contributed by atoms with Gasteiger partial charge in [-0.1, -0.05) is 6.08 Å². The van der Waals surface area contributed by atoms with E-state index in [-0.39, 0.29) is 24.8 Å². The molecule has 2 aliphatic heterocycles. The van der Waals surface area contributed by atoms with Gasteiger partial charge in [0.2, 0.25) is 5.91 Å². The van der Waals surface area contributed by atoms with Gasteiger partial charge >= 0.3 is 0 Å². The van der Waals surface area contributed by atoms with Crippen LogP contribution in [0.4, 0.5) is 0 Å². The zero-order valence-corrected chi connectivity index (χ0v) is 8.51. The maximum atomic E-state index is 11.2. The molecule has 0 aromatic heterocycles. The van der Waals surface area contributed by atoms with Crippen molar-refractivity contribution in [2.45, 2.75) is 19.3 Å². The number of aliphatic hydroxyl groups excluding tert-OH is 1. The van der Waals surface area contributed by atoms with E-state index in [1.165, 1.54) is 0 Å². The Morgan fingerprint density at radius 2 is 2.47 bits per heavy atom. The van der Waals surface area contributed by atoms with Crippen LogP contribution in [-0.2, 0) is 9.53 Å². The molecule has 0 aliphatic carbocycles. The number of aliphatic hydroxyl groups is 1. The van der Waals surface area contributed by atoms with Gasteiger partial charge in [0, 0.05) is 11.8 Å². The zero-order valence-electron chi connectivity index (χ0n) is 8.51. The number of carbonyl (C=O) groups excluding carboxylic acids is 1. The van der Waals surface area contributed by atoms with Gasteiger partial charge in [-0.25, -0.2) is 0 Å². The zero-order chi connectivity index (χ0) is 10.8. The van der Waals surface area contributed by atoms with Crippen LogP contribution in [0.15, 0.2) is 23.9 Å². The molecule has 2 rings (SSSR count). The third-order valence-electron chi connectivity index (χ3n) is 2.45. The average Bonchev–Trinajstić information content (AvgIpc) is 2.70. The number of hydrogen-bond acceptors (Lipinski definition) is 4. The van der Waals surface area contributed by atoms with Gasteiger partial charge in [-0.15, -0.1) is 0 Å². The normalized spacial score (nSPS) is 30.4. The van der Waals surface area contributed by atoms with Crippen molar-refractivity contribution in [3.8, 4) is 0 Å². The lowest BCUT2D eigenvalue weighted by Gasteiger charge is -2.30. The average molecular weight is 210 g/mol. The summed E-state index contributed by atoms with van der Waals surface area (Å²) in [5.74, 6) is -0.0491. The number of hydrogen-bond donors (Lipinski definition) is 2. The first kappa shape index (κ1) is 10.2. The Labute approximate surface area is 88.0 Å². The van der Waals surface area contributed by atoms with Gasteiger partial charge in [0.1, 0.15) is 6.10 Å². The Hall–Kier alpha value is -1.33. The Bertz CT molecular complexity index is 325. The van der Waals surface area contributed by atoms with E-state index in [0.717, 1.165) is 0 Å². The molecule has 0 saturated carbocycles. The van der Waals surface area contributed by atoms with Crippen molar-refractivity contribution in [2.75, 3.05) is 13.3 Å². The van der Waals surface area contributed by atoms with E-state index in [1.54, 1.807) is 13.1 Å². The van der Waals surface area contributed by atoms with Gasteiger partial charge in [-0.05, 0) is 13.0 Å². The lowest BCUT2D eigenvalue weighted by atomic mass is 10.2. The summed E-state index contributed by atoms with van der Waals surface area (Å²) in [6.45, 7) is 2.17. The number of nitrogens with zero attached hydrogens (tertiary/aromatic N) is 1. The first-order valence-corrected chi connectivity index (χ1v) is 4.87. The van der Waals surface area contributed by atoms with Crippen molar-refractivity contribution in [3.05, 3.63) is 23.9 Å². The summed E-state index contributed by atoms with van der Waals surface area (Å²) in [6, 6.07) is 0. The molecular weight excluding hydrogens is 196 g/mol. The molecule has 2 N–H and O–H groups in total. The molecule has 0 aromatic rings. The predicted molar refractivity (Wildman–Crippen MR) is 53.5 cm³/mol. The Kier molecular flexibility index (Phi) is 2.75. The Balaban J connectivity index is 2.02. The second kappa shape index (κ2) is 4.04. The number of ether oxygens (including phenoxy) is 1. The molecule has 0 radical (unpaired) electrons. The third kappa shape index (κ3) is 2.03. The highest BCUT2D eigenvalue weighted by molar-refractivity contribution is 5.93. The largest absolute Gasteiger partial charge is 0.393 e. The van der Waals surface area contributed by atoms with Crippen LogP contribution in [0, 0.1) is 0 Å². The van der Waals surface area contributed by atoms with Crippen molar-refractivity contribution in [2.24, 2.45) is 0 Å². The topological polar surface area (TPSA) is 61.8 Å². The van der Waals surface area contributed by atoms with Crippen LogP contribution >= 0.6 is 0 Å². The van der Waals surface area contributed by atoms with Crippen LogP contribution in [0.25, 0.3) is 0 Å². The molecule has 0 aromatic carbocycles. The summed E-state index contributed by atoms with van der Waals surface area (Å²) < 4.78 is 5.50. The summed E-state index contributed by atoms with van der Waals surface area (Å²) >= 11 is 0. The molecular formula is C10H14N2O3. The molecule has 15 heavy (non-hydrogen) atoms. The minimum absolute atomic E-state index is 0.0180. The van der Waals surface area contributed by atoms with Gasteiger partial charge < -0.3 is 20.1 Å². The number of nitrogens with one attached hydrogen (secondary N) is 1. The fourth-order valence-electron chi connectivity index (χ4n) is 1.60. The van der Waals surface area contributed by atoms with Crippen molar-refractivity contribution < 1.29 is 14.6 Å². The van der Waals surface area contributed by atoms with Crippen LogP contribution in [0.1, 0.15) is 6.92 Å². The maximum Gasteiger partial charge on any atom is 0.249 e. The van der Waals surface area contributed by atoms with Crippen molar-refractivity contribution in [3.63, 3.8) is 0 Å². The fourth-order valence-corrected chi connectivity index (χ4v) is 1.60. The van der Waals surface area contributed by atoms with E-state index in [0.29, 0.717) is 12.2 Å². The predicted octanol–water partition coefficient (Wildman–Crippen LogP) is -0.447. The molecule has 0 fully saturated rings. The third-order valence-corrected chi connectivity index (χ3v) is 2.45. The second-order valence-corrected chi connectivity index (χ2v) is 3.62. The van der Waals surface area contributed by atoms with Crippen LogP contribution in [0.2, 0.25) is 0 Å². The first-order valence-electron chi connectivity index (χ1n) is 4.87. The van der Waals surface area contributed by atoms with E-state index < -0.39 is 0 Å². The minimum atomic E-state index is -0.235. The molecule has 5 heteroatoms. The van der Waals surface area contributed by atoms with Crippen molar-refractivity contribution >= 4 is 5.91 Å². The van der Waals surface area contributed by atoms with E-state index in [2.05, 4.69) is 5.32 Å². The summed E-state index contributed by atoms with van der Waals surface area (Å²) in [7, 11) is 0. The minimum Gasteiger partial charge on any atom is -0.393 e. The van der Waals surface area contributed by atoms with Crippen LogP contribution in [0.3, 0.4) is 0 Å². The highest BCUT2D eigenvalue weighted by Crippen LogP contribution is 2.17. The van der Waals surface area contributed by atoms with E-state index in [9.17, 15) is 4.79 Å². The highest BCUT2D eigenvalue weighted by Gasteiger charge is 2.25. The van der Waals surface area contributed by atoms with Gasteiger partial charge in [0.15, 0.2) is 6.23 Å². The van der Waals surface area contributed by atoms with Gasteiger partial charge in [0.05, 0.1) is 13.3 Å². The lowest BCUT2D eigenvalue weighted by molar-refractivity contribution is -0.120. The summed E-state index contributed by atoms with van der Waals surface area (Å²) in [5.41, 5.74) is 0.658. The first-order chi connectivity index (χ1) is 7.20. The fraction of sp³-hybridized carbons (Fsp3) is 0.500. The maximum absolute atomic E-state index is 11.2. The standard InChI is InChI=1S/C10H14N2O3/c1-7-4-12(6-11-10(7)14)9-3-2-8(5-13)15-9/h2-4,8-9,13H,5-6H2,1H3,(H,11,14)/t8-,9+/m0/s1. The molecule has 0 saturated heterocycles. The number of amides is 1. The van der Waals surface area contributed by atoms with E-state index in [1.807, 2.05) is 17.1 Å². The van der Waals surface area contributed by atoms with Crippen LogP contribution < -0.4 is 5.32 Å². The van der Waals surface area contributed by atoms with Gasteiger partial charge in [-0.3, -0.25) is 4.79 Å². The van der Waals surface area contributed by atoms with Gasteiger partial charge in [-0.2, -0.15) is 0 Å². The van der Waals surface area contributed by atoms with Crippen molar-refractivity contribution in [1.29, 1.82) is 0 Å². The quantitative estimate of drug-likeness (QED) is 0.606. The van der Waals surface area contributed by atoms with Crippen LogP contribution in [0.5, 0.6) is 0 Å². The Morgan fingerprint density at radius 3 is 3.07 bits per heavy atom. The van der Waals surface area contributed by atoms with Crippen LogP contribution in [-0.4, -0.2) is 41.5 Å². The van der Waals surface area contributed by atoms with E-state index >= 15 is 0 Å².